The summed E-state index contributed by atoms with van der Waals surface area (Å²) in [7, 11) is -4.16. The van der Waals surface area contributed by atoms with Gasteiger partial charge in [-0.1, -0.05) is 44.8 Å². The van der Waals surface area contributed by atoms with Crippen LogP contribution in [0.5, 0.6) is 0 Å². The zero-order chi connectivity index (χ0) is 13.9. The van der Waals surface area contributed by atoms with Gasteiger partial charge in [0.25, 0.3) is 0 Å². The second-order valence-corrected chi connectivity index (χ2v) is 12.5. The van der Waals surface area contributed by atoms with Crippen LogP contribution in [0.1, 0.15) is 20.8 Å². The number of carbonyl (C=O) groups excluding carboxylic acids is 1. The molecule has 0 bridgehead atoms. The van der Waals surface area contributed by atoms with Gasteiger partial charge in [0.05, 0.1) is 0 Å². The maximum atomic E-state index is 11.2. The van der Waals surface area contributed by atoms with E-state index in [-0.39, 0.29) is 11.5 Å². The molecule has 17 heavy (non-hydrogen) atoms. The first-order valence-corrected chi connectivity index (χ1v) is 10.2. The summed E-state index contributed by atoms with van der Waals surface area (Å²) < 4.78 is 28.5. The third kappa shape index (κ3) is 8.09. The molecule has 7 heteroatoms. The lowest BCUT2D eigenvalue weighted by Crippen LogP contribution is -2.37. The van der Waals surface area contributed by atoms with E-state index in [4.69, 9.17) is 4.74 Å². The molecule has 0 aromatic heterocycles. The highest BCUT2D eigenvalue weighted by molar-refractivity contribution is 7.62. The van der Waals surface area contributed by atoms with E-state index in [0.717, 1.165) is 6.04 Å². The monoisotopic (exact) mass is 279 g/mol. The molecule has 0 saturated carbocycles. The summed E-state index contributed by atoms with van der Waals surface area (Å²) in [6.45, 7) is 12.4. The minimum Gasteiger partial charge on any atom is -0.444 e. The Morgan fingerprint density at radius 1 is 1.29 bits per heavy atom. The van der Waals surface area contributed by atoms with Crippen LogP contribution >= 0.6 is 0 Å². The van der Waals surface area contributed by atoms with E-state index in [9.17, 15) is 13.2 Å². The highest BCUT2D eigenvalue weighted by Crippen LogP contribution is 2.29. The Bertz CT molecular complexity index is 395. The molecule has 0 aromatic carbocycles. The van der Waals surface area contributed by atoms with Gasteiger partial charge >= 0.3 is 16.6 Å². The molecule has 1 unspecified atom stereocenters. The van der Waals surface area contributed by atoms with Crippen LogP contribution in [0.15, 0.2) is 4.36 Å². The number of hydrogen-bond acceptors (Lipinski definition) is 4. The number of amides is 1. The molecule has 0 aliphatic heterocycles. The van der Waals surface area contributed by atoms with Gasteiger partial charge in [-0.05, 0) is 11.5 Å². The van der Waals surface area contributed by atoms with Gasteiger partial charge in [0.2, 0.25) is 0 Å². The first-order chi connectivity index (χ1) is 7.42. The van der Waals surface area contributed by atoms with Crippen molar-refractivity contribution in [1.29, 1.82) is 0 Å². The molecule has 0 aliphatic carbocycles. The van der Waals surface area contributed by atoms with Crippen LogP contribution in [-0.2, 0) is 15.2 Å². The van der Waals surface area contributed by atoms with Gasteiger partial charge in [-0.2, -0.15) is 8.42 Å². The van der Waals surface area contributed by atoms with Gasteiger partial charge in [0.15, 0.2) is 0 Å². The van der Waals surface area contributed by atoms with Crippen molar-refractivity contribution in [1.82, 2.24) is 0 Å². The minimum atomic E-state index is -2.75. The average molecular weight is 279 g/mol. The molecule has 5 nitrogen and oxygen atoms in total. The van der Waals surface area contributed by atoms with Gasteiger partial charge in [-0.3, -0.25) is 0 Å². The van der Waals surface area contributed by atoms with E-state index < -0.39 is 24.7 Å². The van der Waals surface area contributed by atoms with E-state index in [1.54, 1.807) is 0 Å². The lowest BCUT2D eigenvalue weighted by atomic mass is 9.90. The smallest absolute Gasteiger partial charge is 0.444 e. The van der Waals surface area contributed by atoms with Crippen molar-refractivity contribution in [2.75, 3.05) is 0 Å². The Labute approximate surface area is 105 Å². The molecule has 1 amide bonds. The van der Waals surface area contributed by atoms with Crippen molar-refractivity contribution < 1.29 is 17.9 Å². The van der Waals surface area contributed by atoms with Crippen molar-refractivity contribution >= 4 is 24.7 Å². The number of carbonyl (C=O) groups is 1. The molecular formula is C10H21NO4SSi. The molecule has 0 fully saturated rings. The maximum Gasteiger partial charge on any atom is 0.449 e. The molecule has 0 aromatic rings. The fourth-order valence-corrected chi connectivity index (χ4v) is 3.26. The van der Waals surface area contributed by atoms with Gasteiger partial charge in [0.1, 0.15) is 6.10 Å². The van der Waals surface area contributed by atoms with Crippen LogP contribution in [0.3, 0.4) is 0 Å². The number of ether oxygens (including phenoxy) is 1. The number of hydrogen-bond donors (Lipinski definition) is 0. The van der Waals surface area contributed by atoms with Gasteiger partial charge in [-0.15, -0.1) is 0 Å². The fraction of sp³-hybridized carbons (Fsp3) is 0.900. The van der Waals surface area contributed by atoms with Crippen molar-refractivity contribution in [2.24, 2.45) is 9.78 Å². The summed E-state index contributed by atoms with van der Waals surface area (Å²) in [5.74, 6) is 0. The predicted octanol–water partition coefficient (Wildman–Crippen LogP) is 2.94. The topological polar surface area (TPSA) is 72.8 Å². The standard InChI is InChI=1S/C10H21NO4SSi/c1-10(2,3)8(7-17(4,5)6)15-9(12)11-16(13)14/h8H,7H2,1-6H3. The van der Waals surface area contributed by atoms with Crippen molar-refractivity contribution in [3.05, 3.63) is 0 Å². The lowest BCUT2D eigenvalue weighted by molar-refractivity contribution is 0.0495. The Balaban J connectivity index is 4.86. The molecule has 1 atom stereocenters. The van der Waals surface area contributed by atoms with Crippen molar-refractivity contribution in [2.45, 2.75) is 52.6 Å². The van der Waals surface area contributed by atoms with Gasteiger partial charge < -0.3 is 4.74 Å². The lowest BCUT2D eigenvalue weighted by Gasteiger charge is -2.33. The average Bonchev–Trinajstić information content (AvgIpc) is 1.96. The Morgan fingerprint density at radius 3 is 2.06 bits per heavy atom. The molecule has 0 heterocycles. The van der Waals surface area contributed by atoms with Crippen molar-refractivity contribution in [3.8, 4) is 0 Å². The van der Waals surface area contributed by atoms with Crippen LogP contribution in [0, 0.1) is 5.41 Å². The van der Waals surface area contributed by atoms with Crippen LogP contribution in [-0.4, -0.2) is 28.7 Å². The third-order valence-corrected chi connectivity index (χ3v) is 4.05. The summed E-state index contributed by atoms with van der Waals surface area (Å²) in [6.07, 6.45) is -1.34. The second-order valence-electron chi connectivity index (χ2n) is 6.31. The molecule has 0 rings (SSSR count). The number of nitrogens with zero attached hydrogens (tertiary/aromatic N) is 1. The molecule has 0 spiro atoms. The van der Waals surface area contributed by atoms with Crippen LogP contribution in [0.25, 0.3) is 0 Å². The largest absolute Gasteiger partial charge is 0.449 e. The van der Waals surface area contributed by atoms with E-state index >= 15 is 0 Å². The predicted molar refractivity (Wildman–Crippen MR) is 69.2 cm³/mol. The van der Waals surface area contributed by atoms with E-state index in [1.807, 2.05) is 20.8 Å². The summed E-state index contributed by atoms with van der Waals surface area (Å²) in [4.78, 5) is 11.2. The normalized spacial score (nSPS) is 14.0. The summed E-state index contributed by atoms with van der Waals surface area (Å²) in [5.41, 5.74) is -0.226. The summed E-state index contributed by atoms with van der Waals surface area (Å²) in [6, 6.07) is 0.781. The first-order valence-electron chi connectivity index (χ1n) is 5.43. The van der Waals surface area contributed by atoms with Crippen LogP contribution < -0.4 is 0 Å². The van der Waals surface area contributed by atoms with Crippen LogP contribution in [0.4, 0.5) is 4.79 Å². The third-order valence-electron chi connectivity index (χ3n) is 2.16. The molecule has 0 saturated heterocycles. The minimum absolute atomic E-state index is 0.226. The molecule has 100 valence electrons. The SMILES string of the molecule is CC(C)(C)C(C[Si](C)(C)C)OC(=O)N=S(=O)=O. The highest BCUT2D eigenvalue weighted by Gasteiger charge is 2.33. The van der Waals surface area contributed by atoms with E-state index in [0.29, 0.717) is 0 Å². The maximum absolute atomic E-state index is 11.2. The highest BCUT2D eigenvalue weighted by atomic mass is 32.2. The Hall–Kier alpha value is -0.693. The Morgan fingerprint density at radius 2 is 1.76 bits per heavy atom. The number of rotatable bonds is 3. The van der Waals surface area contributed by atoms with Gasteiger partial charge in [-0.25, -0.2) is 4.79 Å². The molecule has 0 aliphatic rings. The van der Waals surface area contributed by atoms with E-state index in [1.165, 1.54) is 0 Å². The zero-order valence-corrected chi connectivity index (χ0v) is 13.1. The second kappa shape index (κ2) is 5.77. The van der Waals surface area contributed by atoms with Gasteiger partial charge in [0, 0.05) is 8.07 Å². The molecule has 0 N–H and O–H groups in total. The first kappa shape index (κ1) is 16.3. The molecular weight excluding hydrogens is 258 g/mol. The molecule has 0 radical (unpaired) electrons. The quantitative estimate of drug-likeness (QED) is 0.744. The van der Waals surface area contributed by atoms with E-state index in [2.05, 4.69) is 24.0 Å². The van der Waals surface area contributed by atoms with Crippen molar-refractivity contribution in [3.63, 3.8) is 0 Å². The summed E-state index contributed by atoms with van der Waals surface area (Å²) >= 11 is 0. The van der Waals surface area contributed by atoms with Crippen LogP contribution in [0.2, 0.25) is 25.7 Å². The fourth-order valence-electron chi connectivity index (χ4n) is 1.28. The zero-order valence-electron chi connectivity index (χ0n) is 11.3. The summed E-state index contributed by atoms with van der Waals surface area (Å²) in [5, 5.41) is 0. The Kier molecular flexibility index (Phi) is 5.53.